The second kappa shape index (κ2) is 10.9. The van der Waals surface area contributed by atoms with Crippen LogP contribution in [0.15, 0.2) is 17.5 Å². The predicted molar refractivity (Wildman–Crippen MR) is 102 cm³/mol. The van der Waals surface area contributed by atoms with E-state index in [-0.39, 0.29) is 24.2 Å². The van der Waals surface area contributed by atoms with Crippen LogP contribution in [0.1, 0.15) is 23.5 Å². The summed E-state index contributed by atoms with van der Waals surface area (Å²) < 4.78 is 58.0. The Kier molecular flexibility index (Phi) is 9.52. The van der Waals surface area contributed by atoms with Crippen molar-refractivity contribution >= 4 is 33.2 Å². The smallest absolute Gasteiger partial charge is 0.475 e. The number of halogens is 3. The van der Waals surface area contributed by atoms with Crippen LogP contribution in [0.5, 0.6) is 0 Å². The molecule has 8 nitrogen and oxygen atoms in total. The summed E-state index contributed by atoms with van der Waals surface area (Å²) in [6.45, 7) is 6.40. The lowest BCUT2D eigenvalue weighted by Gasteiger charge is -2.30. The van der Waals surface area contributed by atoms with Crippen LogP contribution in [0.3, 0.4) is 0 Å². The van der Waals surface area contributed by atoms with E-state index in [0.29, 0.717) is 31.1 Å². The summed E-state index contributed by atoms with van der Waals surface area (Å²) in [4.78, 5) is 23.6. The Labute approximate surface area is 171 Å². The number of piperazine rings is 1. The van der Waals surface area contributed by atoms with Gasteiger partial charge in [-0.15, -0.1) is 11.3 Å². The van der Waals surface area contributed by atoms with E-state index >= 15 is 0 Å². The molecule has 2 heterocycles. The molecule has 1 aromatic heterocycles. The number of thiophene rings is 1. The lowest BCUT2D eigenvalue weighted by atomic mass is 10.3. The maximum Gasteiger partial charge on any atom is 0.490 e. The molecule has 1 aliphatic heterocycles. The molecule has 0 radical (unpaired) electrons. The van der Waals surface area contributed by atoms with Gasteiger partial charge in [-0.1, -0.05) is 6.07 Å². The second-order valence-corrected chi connectivity index (χ2v) is 9.37. The predicted octanol–water partition coefficient (Wildman–Crippen LogP) is 1.47. The van der Waals surface area contributed by atoms with E-state index < -0.39 is 22.2 Å². The molecule has 0 atom stereocenters. The normalized spacial score (nSPS) is 15.5. The van der Waals surface area contributed by atoms with Gasteiger partial charge in [-0.25, -0.2) is 13.2 Å². The van der Waals surface area contributed by atoms with Gasteiger partial charge in [0.1, 0.15) is 0 Å². The first kappa shape index (κ1) is 25.3. The Bertz CT molecular complexity index is 761. The van der Waals surface area contributed by atoms with E-state index in [1.54, 1.807) is 11.0 Å². The summed E-state index contributed by atoms with van der Waals surface area (Å²) in [6.07, 6.45) is -5.08. The van der Waals surface area contributed by atoms with Crippen molar-refractivity contribution in [3.63, 3.8) is 0 Å². The molecular weight excluding hydrogens is 435 g/mol. The molecule has 2 N–H and O–H groups in total. The van der Waals surface area contributed by atoms with Crippen molar-refractivity contribution in [2.24, 2.45) is 0 Å². The minimum Gasteiger partial charge on any atom is -0.475 e. The molecule has 0 bridgehead atoms. The van der Waals surface area contributed by atoms with Gasteiger partial charge < -0.3 is 15.3 Å². The highest BCUT2D eigenvalue weighted by atomic mass is 32.2. The van der Waals surface area contributed by atoms with Crippen molar-refractivity contribution in [3.8, 4) is 0 Å². The van der Waals surface area contributed by atoms with Gasteiger partial charge in [-0.05, 0) is 25.3 Å². The number of amides is 1. The van der Waals surface area contributed by atoms with Crippen molar-refractivity contribution in [3.05, 3.63) is 22.4 Å². The molecule has 29 heavy (non-hydrogen) atoms. The number of carboxylic acid groups (broad SMARTS) is 1. The maximum atomic E-state index is 12.5. The average Bonchev–Trinajstić information content (AvgIpc) is 3.16. The number of carbonyl (C=O) groups excluding carboxylic acids is 1. The lowest BCUT2D eigenvalue weighted by molar-refractivity contribution is -0.192. The highest BCUT2D eigenvalue weighted by Gasteiger charge is 2.38. The average molecular weight is 460 g/mol. The molecule has 0 aliphatic carbocycles. The van der Waals surface area contributed by atoms with Gasteiger partial charge in [0, 0.05) is 38.8 Å². The van der Waals surface area contributed by atoms with Gasteiger partial charge in [0.2, 0.25) is 10.0 Å². The molecule has 1 saturated heterocycles. The van der Waals surface area contributed by atoms with Gasteiger partial charge in [0.25, 0.3) is 5.91 Å². The van der Waals surface area contributed by atoms with Crippen LogP contribution in [-0.4, -0.2) is 85.3 Å². The molecule has 1 aromatic rings. The molecule has 0 aromatic carbocycles. The largest absolute Gasteiger partial charge is 0.490 e. The number of rotatable bonds is 6. The molecule has 166 valence electrons. The van der Waals surface area contributed by atoms with Crippen LogP contribution in [0, 0.1) is 0 Å². The molecule has 1 amide bonds. The van der Waals surface area contributed by atoms with Crippen LogP contribution in [0.25, 0.3) is 0 Å². The zero-order valence-electron chi connectivity index (χ0n) is 16.0. The van der Waals surface area contributed by atoms with E-state index in [4.69, 9.17) is 9.90 Å². The molecule has 2 rings (SSSR count). The monoisotopic (exact) mass is 459 g/mol. The molecular formula is C16H24F3N3O5S2. The number of sulfonamides is 1. The zero-order valence-corrected chi connectivity index (χ0v) is 17.6. The fraction of sp³-hybridized carbons (Fsp3) is 0.625. The number of nitrogens with one attached hydrogen (secondary N) is 1. The number of carboxylic acids is 1. The summed E-state index contributed by atoms with van der Waals surface area (Å²) in [6, 6.07) is 3.56. The van der Waals surface area contributed by atoms with Gasteiger partial charge in [0.05, 0.1) is 10.6 Å². The van der Waals surface area contributed by atoms with E-state index in [0.717, 1.165) is 0 Å². The van der Waals surface area contributed by atoms with Gasteiger partial charge in [0.15, 0.2) is 0 Å². The number of alkyl halides is 3. The van der Waals surface area contributed by atoms with Crippen molar-refractivity contribution < 1.29 is 36.3 Å². The Hall–Kier alpha value is -1.70. The van der Waals surface area contributed by atoms with E-state index in [1.807, 2.05) is 25.3 Å². The summed E-state index contributed by atoms with van der Waals surface area (Å²) in [5, 5.41) is 12.1. The highest BCUT2D eigenvalue weighted by molar-refractivity contribution is 7.89. The van der Waals surface area contributed by atoms with Crippen molar-refractivity contribution in [1.29, 1.82) is 0 Å². The SMILES string of the molecule is CC(C)N(CCS(=O)(=O)N1CCNCC1)C(=O)c1cccs1.O=C(O)C(F)(F)F. The maximum absolute atomic E-state index is 12.5. The van der Waals surface area contributed by atoms with Crippen LogP contribution in [0.2, 0.25) is 0 Å². The highest BCUT2D eigenvalue weighted by Crippen LogP contribution is 2.15. The van der Waals surface area contributed by atoms with E-state index in [9.17, 15) is 26.4 Å². The fourth-order valence-corrected chi connectivity index (χ4v) is 4.50. The molecule has 1 fully saturated rings. The molecule has 1 aliphatic rings. The van der Waals surface area contributed by atoms with Crippen molar-refractivity contribution in [1.82, 2.24) is 14.5 Å². The number of nitrogens with zero attached hydrogens (tertiary/aromatic N) is 2. The molecule has 0 unspecified atom stereocenters. The Balaban J connectivity index is 0.000000516. The summed E-state index contributed by atoms with van der Waals surface area (Å²) in [5.74, 6) is -2.88. The van der Waals surface area contributed by atoms with Crippen molar-refractivity contribution in [2.45, 2.75) is 26.1 Å². The summed E-state index contributed by atoms with van der Waals surface area (Å²) >= 11 is 1.38. The van der Waals surface area contributed by atoms with Crippen LogP contribution in [0.4, 0.5) is 13.2 Å². The van der Waals surface area contributed by atoms with Gasteiger partial charge in [-0.2, -0.15) is 17.5 Å². The summed E-state index contributed by atoms with van der Waals surface area (Å²) in [5.41, 5.74) is 0. The summed E-state index contributed by atoms with van der Waals surface area (Å²) in [7, 11) is -3.31. The Morgan fingerprint density at radius 1 is 1.31 bits per heavy atom. The fourth-order valence-electron chi connectivity index (χ4n) is 2.40. The quantitative estimate of drug-likeness (QED) is 0.667. The van der Waals surface area contributed by atoms with Crippen LogP contribution < -0.4 is 5.32 Å². The third-order valence-corrected chi connectivity index (χ3v) is 6.63. The Morgan fingerprint density at radius 2 is 1.86 bits per heavy atom. The lowest BCUT2D eigenvalue weighted by Crippen LogP contribution is -2.49. The minimum atomic E-state index is -5.08. The third kappa shape index (κ3) is 8.28. The first-order chi connectivity index (χ1) is 13.4. The van der Waals surface area contributed by atoms with E-state index in [2.05, 4.69) is 5.32 Å². The molecule has 0 spiro atoms. The first-order valence-electron chi connectivity index (χ1n) is 8.69. The molecule has 0 saturated carbocycles. The van der Waals surface area contributed by atoms with E-state index in [1.165, 1.54) is 15.6 Å². The standard InChI is InChI=1S/C14H23N3O3S2.C2HF3O2/c1-12(2)17(14(18)13-4-3-10-21-13)9-11-22(19,20)16-7-5-15-6-8-16;3-2(4,5)1(6)7/h3-4,10,12,15H,5-9,11H2,1-2H3;(H,6,7). The number of aliphatic carboxylic acids is 1. The zero-order chi connectivity index (χ0) is 22.2. The van der Waals surface area contributed by atoms with Crippen LogP contribution in [-0.2, 0) is 14.8 Å². The number of carbonyl (C=O) groups is 2. The third-order valence-electron chi connectivity index (χ3n) is 3.92. The Morgan fingerprint density at radius 3 is 2.28 bits per heavy atom. The van der Waals surface area contributed by atoms with Crippen LogP contribution >= 0.6 is 11.3 Å². The first-order valence-corrected chi connectivity index (χ1v) is 11.2. The number of hydrogen-bond donors (Lipinski definition) is 2. The second-order valence-electron chi connectivity index (χ2n) is 6.34. The van der Waals surface area contributed by atoms with Gasteiger partial charge >= 0.3 is 12.1 Å². The van der Waals surface area contributed by atoms with Gasteiger partial charge in [-0.3, -0.25) is 4.79 Å². The minimum absolute atomic E-state index is 0.0255. The molecule has 13 heteroatoms. The van der Waals surface area contributed by atoms with Crippen molar-refractivity contribution in [2.75, 3.05) is 38.5 Å². The number of hydrogen-bond acceptors (Lipinski definition) is 6. The topological polar surface area (TPSA) is 107 Å².